The predicted molar refractivity (Wildman–Crippen MR) is 121 cm³/mol. The van der Waals surface area contributed by atoms with E-state index in [9.17, 15) is 18.4 Å². The number of carbonyl (C=O) groups is 2. The average Bonchev–Trinajstić information content (AvgIpc) is 2.60. The first-order chi connectivity index (χ1) is 14.7. The van der Waals surface area contributed by atoms with Gasteiger partial charge >= 0.3 is 6.09 Å². The first-order valence-electron chi connectivity index (χ1n) is 10.3. The molecule has 0 heterocycles. The molecule has 0 bridgehead atoms. The van der Waals surface area contributed by atoms with Gasteiger partial charge in [0.2, 0.25) is 5.91 Å². The molecule has 2 rings (SSSR count). The van der Waals surface area contributed by atoms with E-state index < -0.39 is 40.8 Å². The van der Waals surface area contributed by atoms with Crippen molar-refractivity contribution in [3.63, 3.8) is 0 Å². The first kappa shape index (κ1) is 25.6. The van der Waals surface area contributed by atoms with Crippen molar-refractivity contribution in [3.05, 3.63) is 70.2 Å². The van der Waals surface area contributed by atoms with Crippen LogP contribution in [0.2, 0.25) is 5.02 Å². The molecule has 2 N–H and O–H groups in total. The van der Waals surface area contributed by atoms with E-state index in [1.807, 2.05) is 12.1 Å². The Bertz CT molecular complexity index is 940. The molecule has 32 heavy (non-hydrogen) atoms. The molecule has 0 aliphatic heterocycles. The quantitative estimate of drug-likeness (QED) is 0.590. The molecule has 2 amide bonds. The van der Waals surface area contributed by atoms with Gasteiger partial charge < -0.3 is 15.4 Å². The summed E-state index contributed by atoms with van der Waals surface area (Å²) in [4.78, 5) is 24.9. The van der Waals surface area contributed by atoms with Crippen molar-refractivity contribution in [2.75, 3.05) is 0 Å². The van der Waals surface area contributed by atoms with Crippen molar-refractivity contribution in [1.29, 1.82) is 0 Å². The van der Waals surface area contributed by atoms with E-state index in [0.29, 0.717) is 17.0 Å². The fourth-order valence-electron chi connectivity index (χ4n) is 3.32. The molecule has 0 aliphatic rings. The summed E-state index contributed by atoms with van der Waals surface area (Å²) >= 11 is 5.96. The van der Waals surface area contributed by atoms with Crippen LogP contribution in [0.25, 0.3) is 0 Å². The van der Waals surface area contributed by atoms with E-state index in [1.165, 1.54) is 19.1 Å². The summed E-state index contributed by atoms with van der Waals surface area (Å²) in [6, 6.07) is 9.48. The zero-order valence-electron chi connectivity index (χ0n) is 18.9. The minimum Gasteiger partial charge on any atom is -0.444 e. The smallest absolute Gasteiger partial charge is 0.408 e. The van der Waals surface area contributed by atoms with E-state index in [1.54, 1.807) is 39.8 Å². The largest absolute Gasteiger partial charge is 0.444 e. The van der Waals surface area contributed by atoms with Crippen molar-refractivity contribution in [3.8, 4) is 0 Å². The maximum Gasteiger partial charge on any atom is 0.408 e. The molecule has 2 aromatic carbocycles. The van der Waals surface area contributed by atoms with Gasteiger partial charge in [-0.1, -0.05) is 23.7 Å². The highest BCUT2D eigenvalue weighted by atomic mass is 35.5. The van der Waals surface area contributed by atoms with Crippen LogP contribution in [0.1, 0.15) is 45.7 Å². The Balaban J connectivity index is 2.21. The fourth-order valence-corrected chi connectivity index (χ4v) is 3.45. The van der Waals surface area contributed by atoms with Crippen LogP contribution in [-0.2, 0) is 22.4 Å². The molecule has 0 saturated carbocycles. The summed E-state index contributed by atoms with van der Waals surface area (Å²) in [5.41, 5.74) is -0.339. The highest BCUT2D eigenvalue weighted by molar-refractivity contribution is 6.30. The van der Waals surface area contributed by atoms with Crippen LogP contribution in [0.4, 0.5) is 13.6 Å². The second-order valence-corrected chi connectivity index (χ2v) is 9.61. The first-order valence-corrected chi connectivity index (χ1v) is 10.6. The number of benzene rings is 2. The summed E-state index contributed by atoms with van der Waals surface area (Å²) in [5.74, 6) is -1.84. The van der Waals surface area contributed by atoms with Crippen LogP contribution in [-0.4, -0.2) is 29.2 Å². The lowest BCUT2D eigenvalue weighted by atomic mass is 9.86. The SMILES string of the molecule is C[C@H](NC(=O)OC(C)(C)C)C(=O)NC(C)(Cc1ccc(Cl)cc1)Cc1cc(F)cc(F)c1. The summed E-state index contributed by atoms with van der Waals surface area (Å²) in [6.07, 6.45) is -0.186. The molecular weight excluding hydrogens is 438 g/mol. The topological polar surface area (TPSA) is 67.4 Å². The lowest BCUT2D eigenvalue weighted by Gasteiger charge is -2.33. The molecule has 2 aromatic rings. The average molecular weight is 467 g/mol. The number of carbonyl (C=O) groups excluding carboxylic acids is 2. The number of hydrogen-bond donors (Lipinski definition) is 2. The zero-order chi connectivity index (χ0) is 24.1. The lowest BCUT2D eigenvalue weighted by molar-refractivity contribution is -0.124. The van der Waals surface area contributed by atoms with Gasteiger partial charge in [0.05, 0.1) is 0 Å². The Morgan fingerprint density at radius 1 is 0.969 bits per heavy atom. The van der Waals surface area contributed by atoms with Gasteiger partial charge in [-0.15, -0.1) is 0 Å². The Labute approximate surface area is 192 Å². The van der Waals surface area contributed by atoms with Gasteiger partial charge in [0.15, 0.2) is 0 Å². The van der Waals surface area contributed by atoms with E-state index in [0.717, 1.165) is 11.6 Å². The van der Waals surface area contributed by atoms with Crippen LogP contribution >= 0.6 is 11.6 Å². The van der Waals surface area contributed by atoms with Crippen molar-refractivity contribution in [2.45, 2.75) is 64.6 Å². The van der Waals surface area contributed by atoms with E-state index >= 15 is 0 Å². The third-order valence-corrected chi connectivity index (χ3v) is 4.83. The Morgan fingerprint density at radius 2 is 1.50 bits per heavy atom. The van der Waals surface area contributed by atoms with Gasteiger partial charge in [-0.3, -0.25) is 4.79 Å². The van der Waals surface area contributed by atoms with Gasteiger partial charge in [-0.2, -0.15) is 0 Å². The molecule has 0 aromatic heterocycles. The van der Waals surface area contributed by atoms with Gasteiger partial charge in [-0.25, -0.2) is 13.6 Å². The van der Waals surface area contributed by atoms with Crippen LogP contribution < -0.4 is 10.6 Å². The standard InChI is InChI=1S/C24H29ClF2N2O3/c1-15(28-22(31)32-23(2,3)4)21(30)29-24(5,13-16-6-8-18(25)9-7-16)14-17-10-19(26)12-20(27)11-17/h6-12,15H,13-14H2,1-5H3,(H,28,31)(H,29,30)/t15-,24?/m0/s1. The molecule has 0 spiro atoms. The van der Waals surface area contributed by atoms with Gasteiger partial charge in [0.25, 0.3) is 0 Å². The molecule has 0 aliphatic carbocycles. The zero-order valence-corrected chi connectivity index (χ0v) is 19.6. The second-order valence-electron chi connectivity index (χ2n) is 9.18. The van der Waals surface area contributed by atoms with Crippen molar-refractivity contribution >= 4 is 23.6 Å². The summed E-state index contributed by atoms with van der Waals surface area (Å²) in [5, 5.41) is 6.00. The molecule has 8 heteroatoms. The predicted octanol–water partition coefficient (Wildman–Crippen LogP) is 5.19. The number of rotatable bonds is 7. The van der Waals surface area contributed by atoms with Crippen molar-refractivity contribution in [1.82, 2.24) is 10.6 Å². The number of nitrogens with one attached hydrogen (secondary N) is 2. The van der Waals surface area contributed by atoms with Crippen LogP contribution in [0, 0.1) is 11.6 Å². The summed E-state index contributed by atoms with van der Waals surface area (Å²) in [7, 11) is 0. The Morgan fingerprint density at radius 3 is 2.03 bits per heavy atom. The minimum atomic E-state index is -0.908. The third-order valence-electron chi connectivity index (χ3n) is 4.58. The molecule has 0 fully saturated rings. The maximum absolute atomic E-state index is 13.7. The fraction of sp³-hybridized carbons (Fsp3) is 0.417. The molecular formula is C24H29ClF2N2O3. The normalized spacial score (nSPS) is 14.2. The number of halogens is 3. The van der Waals surface area contributed by atoms with Crippen LogP contribution in [0.15, 0.2) is 42.5 Å². The molecule has 1 unspecified atom stereocenters. The molecule has 2 atom stereocenters. The van der Waals surface area contributed by atoms with Crippen molar-refractivity contribution < 1.29 is 23.1 Å². The second kappa shape index (κ2) is 10.3. The summed E-state index contributed by atoms with van der Waals surface area (Å²) in [6.45, 7) is 8.47. The van der Waals surface area contributed by atoms with Gasteiger partial charge in [-0.05, 0) is 82.9 Å². The Hall–Kier alpha value is -2.67. The van der Waals surface area contributed by atoms with Crippen LogP contribution in [0.3, 0.4) is 0 Å². The Kier molecular flexibility index (Phi) is 8.24. The number of alkyl carbamates (subject to hydrolysis) is 1. The summed E-state index contributed by atoms with van der Waals surface area (Å²) < 4.78 is 32.7. The van der Waals surface area contributed by atoms with Crippen molar-refractivity contribution in [2.24, 2.45) is 0 Å². The molecule has 5 nitrogen and oxygen atoms in total. The van der Waals surface area contributed by atoms with Gasteiger partial charge in [0.1, 0.15) is 23.3 Å². The minimum absolute atomic E-state index is 0.162. The third kappa shape index (κ3) is 8.46. The van der Waals surface area contributed by atoms with E-state index in [2.05, 4.69) is 10.6 Å². The molecule has 0 saturated heterocycles. The lowest BCUT2D eigenvalue weighted by Crippen LogP contribution is -2.55. The maximum atomic E-state index is 13.7. The highest BCUT2D eigenvalue weighted by Gasteiger charge is 2.30. The number of hydrogen-bond acceptors (Lipinski definition) is 3. The van der Waals surface area contributed by atoms with Gasteiger partial charge in [0, 0.05) is 16.6 Å². The van der Waals surface area contributed by atoms with E-state index in [-0.39, 0.29) is 6.42 Å². The molecule has 174 valence electrons. The molecule has 0 radical (unpaired) electrons. The number of ether oxygens (including phenoxy) is 1. The van der Waals surface area contributed by atoms with Crippen LogP contribution in [0.5, 0.6) is 0 Å². The van der Waals surface area contributed by atoms with E-state index in [4.69, 9.17) is 16.3 Å². The number of amides is 2. The monoisotopic (exact) mass is 466 g/mol. The highest BCUT2D eigenvalue weighted by Crippen LogP contribution is 2.22.